The van der Waals surface area contributed by atoms with Crippen molar-refractivity contribution in [2.75, 3.05) is 7.11 Å². The van der Waals surface area contributed by atoms with E-state index in [0.717, 1.165) is 18.8 Å². The van der Waals surface area contributed by atoms with E-state index in [2.05, 4.69) is 16.6 Å². The average Bonchev–Trinajstić information content (AvgIpc) is 2.65. The van der Waals surface area contributed by atoms with E-state index in [4.69, 9.17) is 5.73 Å². The monoisotopic (exact) mass is 211 g/mol. The normalized spacial score (nSPS) is 12.5. The topological polar surface area (TPSA) is 70.1 Å². The second-order valence-corrected chi connectivity index (χ2v) is 3.37. The Labute approximate surface area is 89.2 Å². The van der Waals surface area contributed by atoms with Gasteiger partial charge in [-0.25, -0.2) is 4.98 Å². The molecule has 0 saturated carbocycles. The third-order valence-corrected chi connectivity index (χ3v) is 2.17. The van der Waals surface area contributed by atoms with Crippen LogP contribution in [0.25, 0.3) is 0 Å². The molecule has 0 aliphatic heterocycles. The molecule has 84 valence electrons. The Morgan fingerprint density at radius 1 is 1.73 bits per heavy atom. The van der Waals surface area contributed by atoms with E-state index in [1.807, 2.05) is 10.8 Å². The summed E-state index contributed by atoms with van der Waals surface area (Å²) in [6.07, 6.45) is 5.05. The van der Waals surface area contributed by atoms with Crippen molar-refractivity contribution in [3.63, 3.8) is 0 Å². The lowest BCUT2D eigenvalue weighted by Crippen LogP contribution is -2.34. The van der Waals surface area contributed by atoms with E-state index in [1.165, 1.54) is 7.11 Å². The lowest BCUT2D eigenvalue weighted by molar-refractivity contribution is -0.142. The summed E-state index contributed by atoms with van der Waals surface area (Å²) in [6, 6.07) is -0.631. The maximum atomic E-state index is 11.1. The van der Waals surface area contributed by atoms with Gasteiger partial charge >= 0.3 is 5.97 Å². The van der Waals surface area contributed by atoms with Crippen LogP contribution in [0.1, 0.15) is 19.2 Å². The van der Waals surface area contributed by atoms with Crippen LogP contribution in [0, 0.1) is 0 Å². The summed E-state index contributed by atoms with van der Waals surface area (Å²) in [4.78, 5) is 15.3. The van der Waals surface area contributed by atoms with E-state index < -0.39 is 12.0 Å². The molecule has 5 nitrogen and oxygen atoms in total. The van der Waals surface area contributed by atoms with Gasteiger partial charge < -0.3 is 15.0 Å². The molecule has 1 aromatic rings. The molecule has 0 radical (unpaired) electrons. The Hall–Kier alpha value is -1.36. The van der Waals surface area contributed by atoms with Crippen molar-refractivity contribution < 1.29 is 9.53 Å². The van der Waals surface area contributed by atoms with E-state index >= 15 is 0 Å². The Bertz CT molecular complexity index is 322. The van der Waals surface area contributed by atoms with E-state index in [1.54, 1.807) is 6.20 Å². The SMILES string of the molecule is CCCn1ccnc1CC(N)C(=O)OC. The fraction of sp³-hybridized carbons (Fsp3) is 0.600. The molecule has 0 aliphatic carbocycles. The molecule has 1 aromatic heterocycles. The molecule has 15 heavy (non-hydrogen) atoms. The highest BCUT2D eigenvalue weighted by Crippen LogP contribution is 2.03. The highest BCUT2D eigenvalue weighted by atomic mass is 16.5. The lowest BCUT2D eigenvalue weighted by atomic mass is 10.2. The fourth-order valence-electron chi connectivity index (χ4n) is 1.41. The number of aryl methyl sites for hydroxylation is 1. The molecule has 1 atom stereocenters. The summed E-state index contributed by atoms with van der Waals surface area (Å²) >= 11 is 0. The first-order chi connectivity index (χ1) is 7.19. The number of esters is 1. The number of carbonyl (C=O) groups excluding carboxylic acids is 1. The Morgan fingerprint density at radius 3 is 3.07 bits per heavy atom. The molecule has 0 aliphatic rings. The van der Waals surface area contributed by atoms with E-state index in [0.29, 0.717) is 6.42 Å². The van der Waals surface area contributed by atoms with Crippen molar-refractivity contribution in [3.8, 4) is 0 Å². The van der Waals surface area contributed by atoms with Crippen molar-refractivity contribution in [1.29, 1.82) is 0 Å². The van der Waals surface area contributed by atoms with Crippen LogP contribution in [0.5, 0.6) is 0 Å². The highest BCUT2D eigenvalue weighted by molar-refractivity contribution is 5.75. The van der Waals surface area contributed by atoms with Gasteiger partial charge in [-0.2, -0.15) is 0 Å². The quantitative estimate of drug-likeness (QED) is 0.713. The number of hydrogen-bond acceptors (Lipinski definition) is 4. The van der Waals surface area contributed by atoms with E-state index in [9.17, 15) is 4.79 Å². The second kappa shape index (κ2) is 5.50. The van der Waals surface area contributed by atoms with Gasteiger partial charge in [0, 0.05) is 25.4 Å². The zero-order chi connectivity index (χ0) is 11.3. The van der Waals surface area contributed by atoms with Crippen LogP contribution in [0.4, 0.5) is 0 Å². The van der Waals surface area contributed by atoms with Crippen molar-refractivity contribution in [1.82, 2.24) is 9.55 Å². The molecule has 1 heterocycles. The van der Waals surface area contributed by atoms with Crippen LogP contribution < -0.4 is 5.73 Å². The van der Waals surface area contributed by atoms with Crippen LogP contribution in [-0.4, -0.2) is 28.7 Å². The van der Waals surface area contributed by atoms with Gasteiger partial charge in [0.1, 0.15) is 11.9 Å². The smallest absolute Gasteiger partial charge is 0.323 e. The molecule has 0 spiro atoms. The number of ether oxygens (including phenoxy) is 1. The van der Waals surface area contributed by atoms with Crippen LogP contribution in [0.2, 0.25) is 0 Å². The number of nitrogens with zero attached hydrogens (tertiary/aromatic N) is 2. The lowest BCUT2D eigenvalue weighted by Gasteiger charge is -2.10. The third kappa shape index (κ3) is 3.06. The maximum Gasteiger partial charge on any atom is 0.323 e. The Morgan fingerprint density at radius 2 is 2.47 bits per heavy atom. The summed E-state index contributed by atoms with van der Waals surface area (Å²) in [5, 5.41) is 0. The van der Waals surface area contributed by atoms with Gasteiger partial charge in [-0.05, 0) is 6.42 Å². The summed E-state index contributed by atoms with van der Waals surface area (Å²) < 4.78 is 6.56. The zero-order valence-corrected chi connectivity index (χ0v) is 9.14. The Balaban J connectivity index is 2.63. The molecule has 1 unspecified atom stereocenters. The number of carbonyl (C=O) groups is 1. The molecule has 1 rings (SSSR count). The molecule has 0 aromatic carbocycles. The zero-order valence-electron chi connectivity index (χ0n) is 9.14. The van der Waals surface area contributed by atoms with Gasteiger partial charge in [0.15, 0.2) is 0 Å². The largest absolute Gasteiger partial charge is 0.468 e. The first-order valence-corrected chi connectivity index (χ1v) is 5.02. The number of rotatable bonds is 5. The van der Waals surface area contributed by atoms with Gasteiger partial charge in [0.05, 0.1) is 7.11 Å². The van der Waals surface area contributed by atoms with Crippen LogP contribution in [-0.2, 0) is 22.5 Å². The first-order valence-electron chi connectivity index (χ1n) is 5.02. The van der Waals surface area contributed by atoms with E-state index in [-0.39, 0.29) is 0 Å². The minimum absolute atomic E-state index is 0.402. The number of nitrogens with two attached hydrogens (primary N) is 1. The van der Waals surface area contributed by atoms with Gasteiger partial charge in [0.25, 0.3) is 0 Å². The standard InChI is InChI=1S/C10H17N3O2/c1-3-5-13-6-4-12-9(13)7-8(11)10(14)15-2/h4,6,8H,3,5,7,11H2,1-2H3. The predicted molar refractivity (Wildman–Crippen MR) is 56.2 cm³/mol. The molecule has 0 amide bonds. The molecular weight excluding hydrogens is 194 g/mol. The number of hydrogen-bond donors (Lipinski definition) is 1. The Kier molecular flexibility index (Phi) is 4.30. The van der Waals surface area contributed by atoms with Gasteiger partial charge in [0.2, 0.25) is 0 Å². The van der Waals surface area contributed by atoms with Gasteiger partial charge in [-0.1, -0.05) is 6.92 Å². The summed E-state index contributed by atoms with van der Waals surface area (Å²) in [6.45, 7) is 2.98. The summed E-state index contributed by atoms with van der Waals surface area (Å²) in [7, 11) is 1.33. The fourth-order valence-corrected chi connectivity index (χ4v) is 1.41. The molecule has 0 fully saturated rings. The van der Waals surface area contributed by atoms with Crippen molar-refractivity contribution in [2.24, 2.45) is 5.73 Å². The predicted octanol–water partition coefficient (Wildman–Crippen LogP) is 0.336. The maximum absolute atomic E-state index is 11.1. The second-order valence-electron chi connectivity index (χ2n) is 3.37. The molecule has 0 bridgehead atoms. The third-order valence-electron chi connectivity index (χ3n) is 2.17. The van der Waals surface area contributed by atoms with Crippen LogP contribution >= 0.6 is 0 Å². The summed E-state index contributed by atoms with van der Waals surface area (Å²) in [5.41, 5.74) is 5.66. The minimum Gasteiger partial charge on any atom is -0.468 e. The van der Waals surface area contributed by atoms with Crippen molar-refractivity contribution >= 4 is 5.97 Å². The van der Waals surface area contributed by atoms with Gasteiger partial charge in [-0.15, -0.1) is 0 Å². The molecule has 5 heteroatoms. The minimum atomic E-state index is -0.631. The number of aromatic nitrogens is 2. The van der Waals surface area contributed by atoms with Gasteiger partial charge in [-0.3, -0.25) is 4.79 Å². The average molecular weight is 211 g/mol. The van der Waals surface area contributed by atoms with Crippen LogP contribution in [0.15, 0.2) is 12.4 Å². The molecule has 0 saturated heterocycles. The number of methoxy groups -OCH3 is 1. The number of imidazole rings is 1. The van der Waals surface area contributed by atoms with Crippen LogP contribution in [0.3, 0.4) is 0 Å². The molecule has 2 N–H and O–H groups in total. The van der Waals surface area contributed by atoms with Crippen molar-refractivity contribution in [3.05, 3.63) is 18.2 Å². The molecular formula is C10H17N3O2. The highest BCUT2D eigenvalue weighted by Gasteiger charge is 2.16. The first kappa shape index (κ1) is 11.7. The summed E-state index contributed by atoms with van der Waals surface area (Å²) in [5.74, 6) is 0.427. The van der Waals surface area contributed by atoms with Crippen molar-refractivity contribution in [2.45, 2.75) is 32.4 Å².